The highest BCUT2D eigenvalue weighted by Crippen LogP contribution is 2.27. The lowest BCUT2D eigenvalue weighted by atomic mass is 10.1. The first kappa shape index (κ1) is 19.2. The number of benzene rings is 2. The highest BCUT2D eigenvalue weighted by molar-refractivity contribution is 5.95. The second-order valence-electron chi connectivity index (χ2n) is 6.49. The third kappa shape index (κ3) is 4.06. The first-order chi connectivity index (χ1) is 13.4. The Kier molecular flexibility index (Phi) is 5.49. The summed E-state index contributed by atoms with van der Waals surface area (Å²) in [6, 6.07) is 13.0. The van der Waals surface area contributed by atoms with Crippen LogP contribution in [0.5, 0.6) is 5.75 Å². The Bertz CT molecular complexity index is 1050. The van der Waals surface area contributed by atoms with Crippen LogP contribution in [-0.4, -0.2) is 30.8 Å². The van der Waals surface area contributed by atoms with E-state index in [1.807, 2.05) is 55.1 Å². The van der Waals surface area contributed by atoms with E-state index in [-0.39, 0.29) is 0 Å². The number of aromatic nitrogens is 1. The largest absolute Gasteiger partial charge is 0.466 e. The van der Waals surface area contributed by atoms with Gasteiger partial charge in [-0.25, -0.2) is 9.59 Å². The molecule has 3 rings (SSSR count). The minimum absolute atomic E-state index is 0.415. The normalized spacial score (nSPS) is 11.0. The first-order valence-electron chi connectivity index (χ1n) is 8.76. The van der Waals surface area contributed by atoms with Crippen molar-refractivity contribution in [3.05, 3.63) is 65.9 Å². The monoisotopic (exact) mass is 378 g/mol. The maximum absolute atomic E-state index is 12.5. The number of amides is 1. The predicted molar refractivity (Wildman–Crippen MR) is 110 cm³/mol. The van der Waals surface area contributed by atoms with Gasteiger partial charge in [-0.1, -0.05) is 17.7 Å². The summed E-state index contributed by atoms with van der Waals surface area (Å²) < 4.78 is 12.1. The van der Waals surface area contributed by atoms with Crippen molar-refractivity contribution in [2.75, 3.05) is 19.1 Å². The quantitative estimate of drug-likeness (QED) is 0.501. The van der Waals surface area contributed by atoms with Crippen LogP contribution in [0.1, 0.15) is 11.1 Å². The summed E-state index contributed by atoms with van der Waals surface area (Å²) in [5, 5.41) is 0.939. The van der Waals surface area contributed by atoms with Crippen molar-refractivity contribution in [3.8, 4) is 5.75 Å². The van der Waals surface area contributed by atoms with Crippen LogP contribution in [0.2, 0.25) is 0 Å². The molecular weight excluding hydrogens is 356 g/mol. The molecule has 1 heterocycles. The predicted octanol–water partition coefficient (Wildman–Crippen LogP) is 4.31. The zero-order chi connectivity index (χ0) is 20.3. The molecule has 0 saturated heterocycles. The minimum atomic E-state index is -0.469. The standard InChI is InChI=1S/C22H22N2O4/c1-15-5-8-17(9-6-15)24(3)22(26)28-18-10-11-19-16(7-12-21(25)27-4)14-23(2)20(19)13-18/h5-14H,1-4H3/b12-7+. The van der Waals surface area contributed by atoms with Crippen LogP contribution >= 0.6 is 0 Å². The molecule has 0 fully saturated rings. The van der Waals surface area contributed by atoms with Crippen LogP contribution in [-0.2, 0) is 16.6 Å². The zero-order valence-electron chi connectivity index (χ0n) is 16.3. The third-order valence-electron chi connectivity index (χ3n) is 4.49. The summed E-state index contributed by atoms with van der Waals surface area (Å²) in [4.78, 5) is 25.3. The summed E-state index contributed by atoms with van der Waals surface area (Å²) in [5.74, 6) is 0.0304. The maximum atomic E-state index is 12.5. The van der Waals surface area contributed by atoms with Crippen molar-refractivity contribution in [2.24, 2.45) is 7.05 Å². The highest BCUT2D eigenvalue weighted by atomic mass is 16.6. The maximum Gasteiger partial charge on any atom is 0.419 e. The van der Waals surface area contributed by atoms with Crippen molar-refractivity contribution in [2.45, 2.75) is 6.92 Å². The van der Waals surface area contributed by atoms with Gasteiger partial charge in [0.25, 0.3) is 0 Å². The van der Waals surface area contributed by atoms with Crippen LogP contribution in [0.3, 0.4) is 0 Å². The van der Waals surface area contributed by atoms with Gasteiger partial charge >= 0.3 is 12.1 Å². The number of carbonyl (C=O) groups is 2. The number of aryl methyl sites for hydroxylation is 2. The van der Waals surface area contributed by atoms with Crippen molar-refractivity contribution in [1.82, 2.24) is 4.57 Å². The molecule has 0 aliphatic rings. The topological polar surface area (TPSA) is 60.8 Å². The highest BCUT2D eigenvalue weighted by Gasteiger charge is 2.14. The lowest BCUT2D eigenvalue weighted by Crippen LogP contribution is -2.29. The van der Waals surface area contributed by atoms with Crippen LogP contribution in [0.4, 0.5) is 10.5 Å². The summed E-state index contributed by atoms with van der Waals surface area (Å²) in [6.45, 7) is 1.99. The molecule has 6 heteroatoms. The number of rotatable bonds is 4. The van der Waals surface area contributed by atoms with Gasteiger partial charge < -0.3 is 14.0 Å². The number of esters is 1. The van der Waals surface area contributed by atoms with E-state index in [1.54, 1.807) is 25.3 Å². The molecule has 0 saturated carbocycles. The van der Waals surface area contributed by atoms with Crippen molar-refractivity contribution < 1.29 is 19.1 Å². The Hall–Kier alpha value is -3.54. The van der Waals surface area contributed by atoms with Gasteiger partial charge in [-0.2, -0.15) is 0 Å². The molecule has 0 radical (unpaired) electrons. The van der Waals surface area contributed by atoms with Crippen LogP contribution in [0.15, 0.2) is 54.7 Å². The van der Waals surface area contributed by atoms with E-state index in [9.17, 15) is 9.59 Å². The Labute approximate surface area is 163 Å². The number of hydrogen-bond acceptors (Lipinski definition) is 4. The summed E-state index contributed by atoms with van der Waals surface area (Å²) in [7, 11) is 4.90. The molecule has 144 valence electrons. The summed E-state index contributed by atoms with van der Waals surface area (Å²) in [6.07, 6.45) is 4.50. The molecule has 28 heavy (non-hydrogen) atoms. The Morgan fingerprint density at radius 2 is 1.82 bits per heavy atom. The molecule has 0 aliphatic carbocycles. The summed E-state index contributed by atoms with van der Waals surface area (Å²) in [5.41, 5.74) is 3.63. The smallest absolute Gasteiger partial charge is 0.419 e. The molecule has 0 bridgehead atoms. The third-order valence-corrected chi connectivity index (χ3v) is 4.49. The number of hydrogen-bond donors (Lipinski definition) is 0. The molecule has 1 aromatic heterocycles. The lowest BCUT2D eigenvalue weighted by molar-refractivity contribution is -0.134. The molecule has 1 amide bonds. The van der Waals surface area contributed by atoms with Gasteiger partial charge in [0.1, 0.15) is 5.75 Å². The molecule has 0 unspecified atom stereocenters. The number of nitrogens with zero attached hydrogens (tertiary/aromatic N) is 2. The fourth-order valence-electron chi connectivity index (χ4n) is 2.86. The number of carbonyl (C=O) groups excluding carboxylic acids is 2. The van der Waals surface area contributed by atoms with Crippen LogP contribution in [0, 0.1) is 6.92 Å². The van der Waals surface area contributed by atoms with Gasteiger partial charge in [0.2, 0.25) is 0 Å². The number of anilines is 1. The molecular formula is C22H22N2O4. The Morgan fingerprint density at radius 1 is 1.11 bits per heavy atom. The van der Waals surface area contributed by atoms with Crippen LogP contribution < -0.4 is 9.64 Å². The molecule has 6 nitrogen and oxygen atoms in total. The van der Waals surface area contributed by atoms with E-state index in [0.29, 0.717) is 5.75 Å². The average molecular weight is 378 g/mol. The number of fused-ring (bicyclic) bond motifs is 1. The van der Waals surface area contributed by atoms with E-state index in [1.165, 1.54) is 18.1 Å². The van der Waals surface area contributed by atoms with E-state index >= 15 is 0 Å². The fraction of sp³-hybridized carbons (Fsp3) is 0.182. The minimum Gasteiger partial charge on any atom is -0.466 e. The van der Waals surface area contributed by atoms with Crippen molar-refractivity contribution in [1.29, 1.82) is 0 Å². The van der Waals surface area contributed by atoms with Crippen molar-refractivity contribution >= 4 is 34.7 Å². The van der Waals surface area contributed by atoms with Crippen LogP contribution in [0.25, 0.3) is 17.0 Å². The van der Waals surface area contributed by atoms with Gasteiger partial charge in [0.15, 0.2) is 0 Å². The SMILES string of the molecule is COC(=O)/C=C/c1cn(C)c2cc(OC(=O)N(C)c3ccc(C)cc3)ccc12. The zero-order valence-corrected chi connectivity index (χ0v) is 16.3. The second kappa shape index (κ2) is 8.00. The number of ether oxygens (including phenoxy) is 2. The van der Waals surface area contributed by atoms with Gasteiger partial charge in [0.05, 0.1) is 12.6 Å². The number of methoxy groups -OCH3 is 1. The summed E-state index contributed by atoms with van der Waals surface area (Å²) >= 11 is 0. The molecule has 0 atom stereocenters. The molecule has 0 spiro atoms. The Balaban J connectivity index is 1.81. The van der Waals surface area contributed by atoms with E-state index in [2.05, 4.69) is 4.74 Å². The van der Waals surface area contributed by atoms with Crippen molar-refractivity contribution in [3.63, 3.8) is 0 Å². The van der Waals surface area contributed by atoms with E-state index < -0.39 is 12.1 Å². The second-order valence-corrected chi connectivity index (χ2v) is 6.49. The fourth-order valence-corrected chi connectivity index (χ4v) is 2.86. The average Bonchev–Trinajstić information content (AvgIpc) is 3.01. The Morgan fingerprint density at radius 3 is 2.50 bits per heavy atom. The molecule has 0 aliphatic heterocycles. The van der Waals surface area contributed by atoms with Gasteiger partial charge in [-0.05, 0) is 37.3 Å². The lowest BCUT2D eigenvalue weighted by Gasteiger charge is -2.17. The van der Waals surface area contributed by atoms with E-state index in [4.69, 9.17) is 4.74 Å². The van der Waals surface area contributed by atoms with Gasteiger partial charge in [0, 0.05) is 49.1 Å². The van der Waals surface area contributed by atoms with E-state index in [0.717, 1.165) is 27.7 Å². The molecule has 3 aromatic rings. The van der Waals surface area contributed by atoms with Gasteiger partial charge in [-0.15, -0.1) is 0 Å². The van der Waals surface area contributed by atoms with Gasteiger partial charge in [-0.3, -0.25) is 4.90 Å². The molecule has 2 aromatic carbocycles. The first-order valence-corrected chi connectivity index (χ1v) is 8.76. The molecule has 0 N–H and O–H groups in total.